The molecule has 0 aliphatic heterocycles. The Morgan fingerprint density at radius 1 is 1.44 bits per heavy atom. The molecule has 0 bridgehead atoms. The molecule has 6 heteroatoms. The lowest BCUT2D eigenvalue weighted by molar-refractivity contribution is -0.140. The van der Waals surface area contributed by atoms with Gasteiger partial charge in [0.2, 0.25) is 0 Å². The number of rotatable bonds is 7. The molecule has 0 spiro atoms. The molecular weight excluding hydrogens is 250 g/mol. The van der Waals surface area contributed by atoms with Gasteiger partial charge >= 0.3 is 5.97 Å². The zero-order valence-corrected chi connectivity index (χ0v) is 11.7. The summed E-state index contributed by atoms with van der Waals surface area (Å²) in [6.45, 7) is 6.27. The highest BCUT2D eigenvalue weighted by atomic mass is 32.2. The molecule has 0 aliphatic carbocycles. The van der Waals surface area contributed by atoms with Crippen LogP contribution in [-0.4, -0.2) is 32.8 Å². The molecule has 1 unspecified atom stereocenters. The van der Waals surface area contributed by atoms with Crippen LogP contribution in [0, 0.1) is 5.92 Å². The Morgan fingerprint density at radius 2 is 2.06 bits per heavy atom. The second kappa shape index (κ2) is 7.33. The molecule has 100 valence electrons. The van der Waals surface area contributed by atoms with Gasteiger partial charge in [-0.2, -0.15) is 0 Å². The summed E-state index contributed by atoms with van der Waals surface area (Å²) in [5.41, 5.74) is 0.891. The van der Waals surface area contributed by atoms with Crippen LogP contribution in [0.4, 0.5) is 0 Å². The van der Waals surface area contributed by atoms with Crippen molar-refractivity contribution in [1.82, 2.24) is 15.3 Å². The number of nitrogens with zero attached hydrogens (tertiary/aromatic N) is 2. The van der Waals surface area contributed by atoms with E-state index in [1.165, 1.54) is 0 Å². The molecule has 1 heterocycles. The van der Waals surface area contributed by atoms with Crippen molar-refractivity contribution in [2.45, 2.75) is 38.5 Å². The first-order valence-electron chi connectivity index (χ1n) is 5.94. The molecule has 0 aromatic carbocycles. The van der Waals surface area contributed by atoms with Crippen LogP contribution in [0.25, 0.3) is 0 Å². The minimum atomic E-state index is -0.830. The van der Waals surface area contributed by atoms with Gasteiger partial charge in [0.15, 0.2) is 5.16 Å². The number of hydrogen-bond acceptors (Lipinski definition) is 5. The van der Waals surface area contributed by atoms with Crippen molar-refractivity contribution < 1.29 is 9.90 Å². The molecule has 18 heavy (non-hydrogen) atoms. The third-order valence-corrected chi connectivity index (χ3v) is 3.17. The van der Waals surface area contributed by atoms with Crippen LogP contribution in [0.5, 0.6) is 0 Å². The normalized spacial score (nSPS) is 12.7. The van der Waals surface area contributed by atoms with Gasteiger partial charge in [0, 0.05) is 24.5 Å². The highest BCUT2D eigenvalue weighted by Gasteiger charge is 2.20. The zero-order valence-electron chi connectivity index (χ0n) is 10.9. The summed E-state index contributed by atoms with van der Waals surface area (Å²) in [7, 11) is 0. The van der Waals surface area contributed by atoms with E-state index in [0.717, 1.165) is 16.5 Å². The smallest absolute Gasteiger partial charge is 0.320 e. The van der Waals surface area contributed by atoms with Crippen molar-refractivity contribution in [3.05, 3.63) is 18.0 Å². The van der Waals surface area contributed by atoms with E-state index in [1.54, 1.807) is 24.2 Å². The minimum Gasteiger partial charge on any atom is -0.480 e. The summed E-state index contributed by atoms with van der Waals surface area (Å²) < 4.78 is 0. The Bertz CT molecular complexity index is 381. The van der Waals surface area contributed by atoms with Crippen LogP contribution < -0.4 is 5.32 Å². The van der Waals surface area contributed by atoms with Crippen LogP contribution in [0.1, 0.15) is 26.3 Å². The van der Waals surface area contributed by atoms with E-state index < -0.39 is 12.0 Å². The van der Waals surface area contributed by atoms with Gasteiger partial charge in [0.05, 0.1) is 0 Å². The lowest BCUT2D eigenvalue weighted by atomic mass is 10.0. The van der Waals surface area contributed by atoms with Crippen molar-refractivity contribution in [3.8, 4) is 0 Å². The lowest BCUT2D eigenvalue weighted by Gasteiger charge is -2.17. The first-order chi connectivity index (χ1) is 8.54. The molecular formula is C12H19N3O2S. The predicted molar refractivity (Wildman–Crippen MR) is 71.5 cm³/mol. The number of carboxylic acids is 1. The molecule has 5 nitrogen and oxygen atoms in total. The number of aromatic nitrogens is 2. The molecule has 1 atom stereocenters. The predicted octanol–water partition coefficient (Wildman–Crippen LogP) is 1.79. The van der Waals surface area contributed by atoms with E-state index in [9.17, 15) is 4.79 Å². The van der Waals surface area contributed by atoms with Gasteiger partial charge < -0.3 is 5.11 Å². The van der Waals surface area contributed by atoms with Crippen LogP contribution >= 0.6 is 11.8 Å². The largest absolute Gasteiger partial charge is 0.480 e. The van der Waals surface area contributed by atoms with Crippen LogP contribution in [0.3, 0.4) is 0 Å². The summed E-state index contributed by atoms with van der Waals surface area (Å²) in [5.74, 6) is 0.147. The topological polar surface area (TPSA) is 75.1 Å². The Kier molecular flexibility index (Phi) is 6.07. The quantitative estimate of drug-likeness (QED) is 0.580. The van der Waals surface area contributed by atoms with Gasteiger partial charge in [-0.1, -0.05) is 32.5 Å². The standard InChI is InChI=1S/C12H19N3O2S/c1-4-18-12-14-6-9(7-15-12)5-13-10(8(2)3)11(16)17/h6-8,10,13H,4-5H2,1-3H3,(H,16,17). The monoisotopic (exact) mass is 269 g/mol. The van der Waals surface area contributed by atoms with Crippen LogP contribution in [0.15, 0.2) is 17.6 Å². The van der Waals surface area contributed by atoms with Gasteiger partial charge in [-0.15, -0.1) is 0 Å². The molecule has 1 aromatic rings. The lowest BCUT2D eigenvalue weighted by Crippen LogP contribution is -2.40. The zero-order chi connectivity index (χ0) is 13.5. The average molecular weight is 269 g/mol. The SMILES string of the molecule is CCSc1ncc(CNC(C(=O)O)C(C)C)cn1. The summed E-state index contributed by atoms with van der Waals surface area (Å²) in [5, 5.41) is 12.8. The fourth-order valence-corrected chi connectivity index (χ4v) is 1.99. The summed E-state index contributed by atoms with van der Waals surface area (Å²) in [4.78, 5) is 19.4. The van der Waals surface area contributed by atoms with E-state index in [4.69, 9.17) is 5.11 Å². The third-order valence-electron chi connectivity index (χ3n) is 2.41. The first kappa shape index (κ1) is 14.9. The molecule has 0 fully saturated rings. The Balaban J connectivity index is 2.54. The first-order valence-corrected chi connectivity index (χ1v) is 6.93. The van der Waals surface area contributed by atoms with Crippen molar-refractivity contribution in [2.75, 3.05) is 5.75 Å². The van der Waals surface area contributed by atoms with Gasteiger partial charge in [0.25, 0.3) is 0 Å². The second-order valence-corrected chi connectivity index (χ2v) is 5.48. The fourth-order valence-electron chi connectivity index (χ4n) is 1.47. The molecule has 2 N–H and O–H groups in total. The number of hydrogen-bond donors (Lipinski definition) is 2. The average Bonchev–Trinajstić information content (AvgIpc) is 2.31. The van der Waals surface area contributed by atoms with E-state index in [2.05, 4.69) is 15.3 Å². The molecule has 0 amide bonds. The molecule has 0 saturated heterocycles. The Labute approximate surface area is 111 Å². The van der Waals surface area contributed by atoms with E-state index in [1.807, 2.05) is 20.8 Å². The number of aliphatic carboxylic acids is 1. The molecule has 0 saturated carbocycles. The van der Waals surface area contributed by atoms with Gasteiger partial charge in [0.1, 0.15) is 6.04 Å². The maximum absolute atomic E-state index is 11.0. The van der Waals surface area contributed by atoms with Crippen molar-refractivity contribution in [2.24, 2.45) is 5.92 Å². The summed E-state index contributed by atoms with van der Waals surface area (Å²) in [6, 6.07) is -0.547. The van der Waals surface area contributed by atoms with E-state index >= 15 is 0 Å². The molecule has 0 aliphatic rings. The maximum Gasteiger partial charge on any atom is 0.320 e. The second-order valence-electron chi connectivity index (χ2n) is 4.25. The Morgan fingerprint density at radius 3 is 2.50 bits per heavy atom. The van der Waals surface area contributed by atoms with Crippen LogP contribution in [-0.2, 0) is 11.3 Å². The number of carboxylic acid groups (broad SMARTS) is 1. The number of thioether (sulfide) groups is 1. The number of nitrogens with one attached hydrogen (secondary N) is 1. The molecule has 1 aromatic heterocycles. The van der Waals surface area contributed by atoms with Gasteiger partial charge in [-0.3, -0.25) is 10.1 Å². The highest BCUT2D eigenvalue weighted by molar-refractivity contribution is 7.99. The maximum atomic E-state index is 11.0. The van der Waals surface area contributed by atoms with Crippen molar-refractivity contribution in [1.29, 1.82) is 0 Å². The van der Waals surface area contributed by atoms with Gasteiger partial charge in [-0.25, -0.2) is 9.97 Å². The summed E-state index contributed by atoms with van der Waals surface area (Å²) in [6.07, 6.45) is 3.47. The minimum absolute atomic E-state index is 0.0401. The Hall–Kier alpha value is -1.14. The molecule has 0 radical (unpaired) electrons. The fraction of sp³-hybridized carbons (Fsp3) is 0.583. The number of carbonyl (C=O) groups is 1. The van der Waals surface area contributed by atoms with Crippen molar-refractivity contribution >= 4 is 17.7 Å². The summed E-state index contributed by atoms with van der Waals surface area (Å²) >= 11 is 1.58. The van der Waals surface area contributed by atoms with E-state index in [0.29, 0.717) is 6.54 Å². The molecule has 1 rings (SSSR count). The van der Waals surface area contributed by atoms with Crippen LogP contribution in [0.2, 0.25) is 0 Å². The highest BCUT2D eigenvalue weighted by Crippen LogP contribution is 2.11. The van der Waals surface area contributed by atoms with Crippen molar-refractivity contribution in [3.63, 3.8) is 0 Å². The van der Waals surface area contributed by atoms with Gasteiger partial charge in [-0.05, 0) is 11.7 Å². The van der Waals surface area contributed by atoms with E-state index in [-0.39, 0.29) is 5.92 Å². The third kappa shape index (κ3) is 4.62.